The second kappa shape index (κ2) is 5.87. The molecule has 0 spiro atoms. The molecular formula is C12H10Cl3N3. The second-order valence-corrected chi connectivity index (χ2v) is 4.96. The van der Waals surface area contributed by atoms with Crippen LogP contribution in [0.4, 0.5) is 0 Å². The molecule has 94 valence electrons. The zero-order chi connectivity index (χ0) is 13.1. The minimum atomic E-state index is -0.339. The van der Waals surface area contributed by atoms with Crippen molar-refractivity contribution in [3.05, 3.63) is 62.9 Å². The fourth-order valence-corrected chi connectivity index (χ4v) is 2.34. The van der Waals surface area contributed by atoms with Gasteiger partial charge in [-0.2, -0.15) is 0 Å². The van der Waals surface area contributed by atoms with Gasteiger partial charge in [0.05, 0.1) is 21.8 Å². The van der Waals surface area contributed by atoms with Crippen molar-refractivity contribution in [1.82, 2.24) is 10.4 Å². The Morgan fingerprint density at radius 2 is 1.89 bits per heavy atom. The molecule has 2 aromatic rings. The number of nitrogens with zero attached hydrogens (tertiary/aromatic N) is 1. The Morgan fingerprint density at radius 1 is 1.11 bits per heavy atom. The van der Waals surface area contributed by atoms with Gasteiger partial charge in [-0.3, -0.25) is 10.8 Å². The molecule has 0 aliphatic rings. The number of hydrogen-bond acceptors (Lipinski definition) is 3. The van der Waals surface area contributed by atoms with Gasteiger partial charge in [-0.1, -0.05) is 46.9 Å². The largest absolute Gasteiger partial charge is 0.271 e. The minimum Gasteiger partial charge on any atom is -0.271 e. The van der Waals surface area contributed by atoms with Crippen molar-refractivity contribution >= 4 is 34.8 Å². The Balaban J connectivity index is 2.45. The fraction of sp³-hybridized carbons (Fsp3) is 0.0833. The first-order valence-electron chi connectivity index (χ1n) is 5.14. The summed E-state index contributed by atoms with van der Waals surface area (Å²) in [5.74, 6) is 5.57. The maximum Gasteiger partial charge on any atom is 0.0897 e. The van der Waals surface area contributed by atoms with Crippen LogP contribution in [0.1, 0.15) is 17.3 Å². The summed E-state index contributed by atoms with van der Waals surface area (Å²) in [7, 11) is 0. The van der Waals surface area contributed by atoms with Crippen molar-refractivity contribution in [1.29, 1.82) is 0 Å². The van der Waals surface area contributed by atoms with E-state index in [1.54, 1.807) is 18.2 Å². The van der Waals surface area contributed by atoms with E-state index in [2.05, 4.69) is 10.4 Å². The number of rotatable bonds is 3. The summed E-state index contributed by atoms with van der Waals surface area (Å²) in [6.45, 7) is 0. The zero-order valence-corrected chi connectivity index (χ0v) is 11.5. The number of aromatic nitrogens is 1. The molecule has 0 aliphatic carbocycles. The predicted octanol–water partition coefficient (Wildman–Crippen LogP) is 3.59. The van der Waals surface area contributed by atoms with Crippen molar-refractivity contribution in [3.63, 3.8) is 0 Å². The van der Waals surface area contributed by atoms with Gasteiger partial charge < -0.3 is 0 Å². The van der Waals surface area contributed by atoms with Crippen LogP contribution < -0.4 is 11.3 Å². The van der Waals surface area contributed by atoms with Crippen LogP contribution in [0, 0.1) is 0 Å². The van der Waals surface area contributed by atoms with E-state index in [0.29, 0.717) is 20.8 Å². The van der Waals surface area contributed by atoms with Gasteiger partial charge in [0.15, 0.2) is 0 Å². The van der Waals surface area contributed by atoms with Gasteiger partial charge in [0, 0.05) is 11.2 Å². The predicted molar refractivity (Wildman–Crippen MR) is 74.9 cm³/mol. The van der Waals surface area contributed by atoms with Crippen LogP contribution in [0.25, 0.3) is 0 Å². The Kier molecular flexibility index (Phi) is 4.43. The third-order valence-corrected chi connectivity index (χ3v) is 3.20. The van der Waals surface area contributed by atoms with E-state index < -0.39 is 0 Å². The number of benzene rings is 1. The molecule has 0 amide bonds. The number of nitrogens with one attached hydrogen (secondary N) is 1. The number of halogens is 3. The standard InChI is InChI=1S/C12H10Cl3N3/c13-8-3-1-2-7(4-8)11(18-16)12-10(15)5-9(14)6-17-12/h1-6,11,18H,16H2. The van der Waals surface area contributed by atoms with Gasteiger partial charge >= 0.3 is 0 Å². The maximum absolute atomic E-state index is 6.12. The van der Waals surface area contributed by atoms with Crippen molar-refractivity contribution in [2.24, 2.45) is 5.84 Å². The molecule has 3 nitrogen and oxygen atoms in total. The number of hydrogen-bond donors (Lipinski definition) is 2. The van der Waals surface area contributed by atoms with Gasteiger partial charge in [0.25, 0.3) is 0 Å². The highest BCUT2D eigenvalue weighted by Gasteiger charge is 2.17. The molecule has 0 saturated heterocycles. The van der Waals surface area contributed by atoms with E-state index in [1.807, 2.05) is 12.1 Å². The highest BCUT2D eigenvalue weighted by atomic mass is 35.5. The van der Waals surface area contributed by atoms with E-state index >= 15 is 0 Å². The lowest BCUT2D eigenvalue weighted by atomic mass is 10.0. The van der Waals surface area contributed by atoms with E-state index in [9.17, 15) is 0 Å². The number of pyridine rings is 1. The maximum atomic E-state index is 6.12. The molecule has 1 aromatic carbocycles. The van der Waals surface area contributed by atoms with Crippen LogP contribution in [0.2, 0.25) is 15.1 Å². The monoisotopic (exact) mass is 301 g/mol. The lowest BCUT2D eigenvalue weighted by molar-refractivity contribution is 0.621. The molecular weight excluding hydrogens is 293 g/mol. The van der Waals surface area contributed by atoms with Crippen LogP contribution in [0.3, 0.4) is 0 Å². The molecule has 3 N–H and O–H groups in total. The summed E-state index contributed by atoms with van der Waals surface area (Å²) in [4.78, 5) is 4.21. The molecule has 1 unspecified atom stereocenters. The first-order chi connectivity index (χ1) is 8.61. The molecule has 0 aliphatic heterocycles. The van der Waals surface area contributed by atoms with Crippen LogP contribution in [0.5, 0.6) is 0 Å². The van der Waals surface area contributed by atoms with Crippen LogP contribution in [-0.2, 0) is 0 Å². The molecule has 2 rings (SSSR count). The lowest BCUT2D eigenvalue weighted by Gasteiger charge is -2.17. The summed E-state index contributed by atoms with van der Waals surface area (Å²) in [6, 6.07) is 8.61. The molecule has 1 aromatic heterocycles. The average molecular weight is 303 g/mol. The number of hydrazine groups is 1. The normalized spacial score (nSPS) is 12.4. The second-order valence-electron chi connectivity index (χ2n) is 3.68. The Bertz CT molecular complexity index is 560. The van der Waals surface area contributed by atoms with Gasteiger partial charge in [-0.05, 0) is 23.8 Å². The molecule has 1 atom stereocenters. The van der Waals surface area contributed by atoms with Crippen LogP contribution in [-0.4, -0.2) is 4.98 Å². The quantitative estimate of drug-likeness (QED) is 0.673. The van der Waals surface area contributed by atoms with Crippen molar-refractivity contribution in [3.8, 4) is 0 Å². The van der Waals surface area contributed by atoms with Crippen LogP contribution in [0.15, 0.2) is 36.5 Å². The van der Waals surface area contributed by atoms with Crippen molar-refractivity contribution < 1.29 is 0 Å². The summed E-state index contributed by atoms with van der Waals surface area (Å²) >= 11 is 17.9. The molecule has 6 heteroatoms. The Hall–Kier alpha value is -0.840. The molecule has 0 bridgehead atoms. The van der Waals surface area contributed by atoms with Crippen LogP contribution >= 0.6 is 34.8 Å². The minimum absolute atomic E-state index is 0.339. The average Bonchev–Trinajstić information content (AvgIpc) is 2.33. The summed E-state index contributed by atoms with van der Waals surface area (Å²) in [5.41, 5.74) is 4.15. The lowest BCUT2D eigenvalue weighted by Crippen LogP contribution is -2.29. The fourth-order valence-electron chi connectivity index (χ4n) is 1.66. The van der Waals surface area contributed by atoms with Gasteiger partial charge in [0.1, 0.15) is 0 Å². The van der Waals surface area contributed by atoms with Gasteiger partial charge in [0.2, 0.25) is 0 Å². The summed E-state index contributed by atoms with van der Waals surface area (Å²) < 4.78 is 0. The molecule has 18 heavy (non-hydrogen) atoms. The smallest absolute Gasteiger partial charge is 0.0897 e. The zero-order valence-electron chi connectivity index (χ0n) is 9.20. The van der Waals surface area contributed by atoms with Gasteiger partial charge in [-0.25, -0.2) is 5.43 Å². The number of nitrogens with two attached hydrogens (primary N) is 1. The van der Waals surface area contributed by atoms with E-state index in [4.69, 9.17) is 40.6 Å². The van der Waals surface area contributed by atoms with E-state index in [1.165, 1.54) is 6.20 Å². The molecule has 1 heterocycles. The summed E-state index contributed by atoms with van der Waals surface area (Å²) in [6.07, 6.45) is 1.53. The summed E-state index contributed by atoms with van der Waals surface area (Å²) in [5, 5.41) is 1.55. The third-order valence-electron chi connectivity index (χ3n) is 2.46. The topological polar surface area (TPSA) is 50.9 Å². The van der Waals surface area contributed by atoms with E-state index in [0.717, 1.165) is 5.56 Å². The Labute approximate surface area is 120 Å². The Morgan fingerprint density at radius 3 is 2.50 bits per heavy atom. The molecule has 0 radical (unpaired) electrons. The third kappa shape index (κ3) is 2.94. The van der Waals surface area contributed by atoms with Gasteiger partial charge in [-0.15, -0.1) is 0 Å². The highest BCUT2D eigenvalue weighted by molar-refractivity contribution is 6.34. The first kappa shape index (κ1) is 13.6. The van der Waals surface area contributed by atoms with E-state index in [-0.39, 0.29) is 6.04 Å². The first-order valence-corrected chi connectivity index (χ1v) is 6.27. The molecule has 0 fully saturated rings. The SMILES string of the molecule is NNC(c1cccc(Cl)c1)c1ncc(Cl)cc1Cl. The van der Waals surface area contributed by atoms with Crippen molar-refractivity contribution in [2.75, 3.05) is 0 Å². The van der Waals surface area contributed by atoms with Crippen molar-refractivity contribution in [2.45, 2.75) is 6.04 Å². The molecule has 0 saturated carbocycles. The highest BCUT2D eigenvalue weighted by Crippen LogP contribution is 2.28.